The van der Waals surface area contributed by atoms with E-state index in [-0.39, 0.29) is 0 Å². The number of piperidine rings is 1. The second kappa shape index (κ2) is 40.5. The van der Waals surface area contributed by atoms with Crippen molar-refractivity contribution in [3.63, 3.8) is 0 Å². The minimum atomic E-state index is -4.33. The van der Waals surface area contributed by atoms with Crippen LogP contribution in [0.2, 0.25) is 0 Å². The fourth-order valence-corrected chi connectivity index (χ4v) is 21.0. The van der Waals surface area contributed by atoms with Crippen LogP contribution < -0.4 is 24.5 Å². The Balaban J connectivity index is 0.000000128. The van der Waals surface area contributed by atoms with Crippen LogP contribution in [0.4, 0.5) is 83.2 Å². The van der Waals surface area contributed by atoms with Gasteiger partial charge in [0.1, 0.15) is 0 Å². The first-order valence-corrected chi connectivity index (χ1v) is 45.5. The number of para-hydroxylation sites is 7. The summed E-state index contributed by atoms with van der Waals surface area (Å²) in [6.45, 7) is 15.1. The molecular weight excluding hydrogens is 1590 g/mol. The summed E-state index contributed by atoms with van der Waals surface area (Å²) in [6.07, 6.45) is 2.72. The number of likely N-dealkylation sites (N-methyl/N-ethyl adjacent to an activating group) is 2. The van der Waals surface area contributed by atoms with Gasteiger partial charge in [0.2, 0.25) is 0 Å². The maximum atomic E-state index is 13.3. The van der Waals surface area contributed by atoms with E-state index in [9.17, 15) is 26.3 Å². The number of likely N-dealkylation sites (tertiary alicyclic amines) is 1. The van der Waals surface area contributed by atoms with Gasteiger partial charge in [-0.15, -0.1) is 11.8 Å². The number of thioether (sulfide) groups is 1. The molecule has 0 radical (unpaired) electrons. The third-order valence-corrected chi connectivity index (χ3v) is 28.1. The summed E-state index contributed by atoms with van der Waals surface area (Å²) in [7, 11) is 16.9. The van der Waals surface area contributed by atoms with Crippen LogP contribution in [0, 0.1) is 0 Å². The molecule has 2 saturated heterocycles. The van der Waals surface area contributed by atoms with Crippen LogP contribution in [0.25, 0.3) is 0 Å². The molecule has 0 N–H and O–H groups in total. The molecule has 0 spiro atoms. The molecule has 0 saturated carbocycles. The Kier molecular flexibility index (Phi) is 30.1. The van der Waals surface area contributed by atoms with Crippen molar-refractivity contribution < 1.29 is 26.3 Å². The molecule has 0 aromatic heterocycles. The predicted octanol–water partition coefficient (Wildman–Crippen LogP) is 24.7. The minimum Gasteiger partial charge on any atom is -0.378 e. The molecule has 7 heterocycles. The lowest BCUT2D eigenvalue weighted by molar-refractivity contribution is -0.138. The van der Waals surface area contributed by atoms with Crippen LogP contribution in [-0.4, -0.2) is 183 Å². The highest BCUT2D eigenvalue weighted by Gasteiger charge is 2.36. The van der Waals surface area contributed by atoms with Gasteiger partial charge in [0.05, 0.1) is 68.0 Å². The molecule has 7 aliphatic heterocycles. The molecule has 1 atom stereocenters. The van der Waals surface area contributed by atoms with Gasteiger partial charge in [-0.2, -0.15) is 26.3 Å². The van der Waals surface area contributed by atoms with Crippen molar-refractivity contribution in [2.24, 2.45) is 0 Å². The molecule has 7 aliphatic rings. The summed E-state index contributed by atoms with van der Waals surface area (Å²) in [4.78, 5) is 38.6. The summed E-state index contributed by atoms with van der Waals surface area (Å²) >= 11 is 10.5. The summed E-state index contributed by atoms with van der Waals surface area (Å²) < 4.78 is 79.1. The highest BCUT2D eigenvalue weighted by atomic mass is 32.2. The fraction of sp³-hybridized carbons (Fsp3) is 0.340. The first-order valence-electron chi connectivity index (χ1n) is 40.2. The van der Waals surface area contributed by atoms with Gasteiger partial charge in [0.25, 0.3) is 0 Å². The fourth-order valence-electron chi connectivity index (χ4n) is 15.1. The Morgan fingerprint density at radius 3 is 1.09 bits per heavy atom. The van der Waals surface area contributed by atoms with Crippen molar-refractivity contribution in [3.05, 3.63) is 247 Å². The third kappa shape index (κ3) is 22.3. The Bertz CT molecular complexity index is 4900. The van der Waals surface area contributed by atoms with Crippen LogP contribution in [0.5, 0.6) is 0 Å². The zero-order chi connectivity index (χ0) is 82.3. The summed E-state index contributed by atoms with van der Waals surface area (Å²) in [6, 6.07) is 74.8. The zero-order valence-electron chi connectivity index (χ0n) is 68.6. The molecule has 2 fully saturated rings. The summed E-state index contributed by atoms with van der Waals surface area (Å²) in [5.74, 6) is 0. The predicted molar refractivity (Wildman–Crippen MR) is 484 cm³/mol. The van der Waals surface area contributed by atoms with E-state index >= 15 is 0 Å². The lowest BCUT2D eigenvalue weighted by Crippen LogP contribution is -2.45. The Morgan fingerprint density at radius 1 is 0.385 bits per heavy atom. The van der Waals surface area contributed by atoms with Gasteiger partial charge in [-0.05, 0) is 266 Å². The van der Waals surface area contributed by atoms with Crippen molar-refractivity contribution in [3.8, 4) is 0 Å². The smallest absolute Gasteiger partial charge is 0.378 e. The van der Waals surface area contributed by atoms with E-state index < -0.39 is 23.5 Å². The van der Waals surface area contributed by atoms with Crippen molar-refractivity contribution in [2.75, 3.05) is 172 Å². The Labute approximate surface area is 715 Å². The number of hydrogen-bond acceptors (Lipinski definition) is 17. The lowest BCUT2D eigenvalue weighted by atomic mass is 10.1. The highest BCUT2D eigenvalue weighted by molar-refractivity contribution is 8.01. The average Bonchev–Trinajstić information content (AvgIpc) is 0.783. The summed E-state index contributed by atoms with van der Waals surface area (Å²) in [5.41, 5.74) is 11.6. The standard InChI is InChI=1S/C21H24F3N3S.C21H24N2S2.C18H19F3N2S.2C17H20N2S/c1-25-11-13-26(14-12-25)9-4-10-27-17-5-2-3-6-19(17)28-20-8-7-16(15-18(20)27)21(22,23)24;1-22-13-6-5-7-16(22)12-14-23-18-8-3-4-9-20(18)25-21-11-10-17(24-2)15-19(21)23;1-22(2)10-5-11-23-14-6-3-4-7-16(14)24-17-9-8-13(12-15(17)23)18(19,20)21;1-13(18(2)3)12-19-14-8-4-6-10-16(14)20-17-11-7-5-9-15(17)19;1-18(2)12-7-13-19-14-8-3-5-10-16(14)20-17-11-6-4-9-15(17)19/h2-3,5-8,15H,4,9-14H2,1H3;3-4,8-12,15H,5-7,13-14H2,1-2H3;3-4,6-9,12H,5,10-11H2,1-2H3;4-11,13H,12H2,1-3H3;3-6,8-11H,7,12-13H2,1-2H3/b;16-12+;;;. The number of nitrogens with zero attached hydrogens (tertiary/aromatic N) is 11. The molecule has 11 nitrogen and oxygen atoms in total. The quantitative estimate of drug-likeness (QED) is 0.0604. The molecule has 0 amide bonds. The molecule has 23 heteroatoms. The van der Waals surface area contributed by atoms with Crippen LogP contribution in [0.15, 0.2) is 290 Å². The zero-order valence-corrected chi connectivity index (χ0v) is 73.5. The van der Waals surface area contributed by atoms with E-state index in [1.807, 2.05) is 115 Å². The van der Waals surface area contributed by atoms with Crippen molar-refractivity contribution in [1.29, 1.82) is 0 Å². The maximum Gasteiger partial charge on any atom is 0.416 e. The first-order chi connectivity index (χ1) is 56.5. The molecule has 17 rings (SSSR count). The van der Waals surface area contributed by atoms with Gasteiger partial charge in [-0.25, -0.2) is 0 Å². The molecule has 0 bridgehead atoms. The molecule has 1 unspecified atom stereocenters. The second-order valence-electron chi connectivity index (χ2n) is 30.9. The molecular formula is C94H107F6N11S6. The Hall–Kier alpha value is -7.78. The van der Waals surface area contributed by atoms with Gasteiger partial charge < -0.3 is 53.9 Å². The van der Waals surface area contributed by atoms with E-state index in [0.29, 0.717) is 30.5 Å². The van der Waals surface area contributed by atoms with E-state index in [0.717, 1.165) is 115 Å². The van der Waals surface area contributed by atoms with E-state index in [1.165, 1.54) is 136 Å². The Morgan fingerprint density at radius 2 is 0.726 bits per heavy atom. The van der Waals surface area contributed by atoms with Crippen LogP contribution >= 0.6 is 70.6 Å². The van der Waals surface area contributed by atoms with E-state index in [2.05, 4.69) is 250 Å². The summed E-state index contributed by atoms with van der Waals surface area (Å²) in [5, 5.41) is 0. The molecule has 0 aliphatic carbocycles. The van der Waals surface area contributed by atoms with Gasteiger partial charge in [0, 0.05) is 138 Å². The molecule has 117 heavy (non-hydrogen) atoms. The number of alkyl halides is 6. The normalized spacial score (nSPS) is 15.9. The largest absolute Gasteiger partial charge is 0.416 e. The number of anilines is 10. The number of fused-ring (bicyclic) bond motifs is 10. The molecule has 616 valence electrons. The number of halogens is 6. The topological polar surface area (TPSA) is 35.6 Å². The average molecular weight is 1700 g/mol. The SMILES string of the molecule is CC(CN1c2ccccc2Sc2ccccc21)N(C)C.CN(C)CCCN1c2ccccc2Sc2ccc(C(F)(F)F)cc21.CN(C)CCCN1c2ccccc2Sc2ccccc21.CN1CCN(CCCN2c3ccccc3Sc3ccc(C(F)(F)F)cc32)CC1.CSc1ccc2c(c1)N(C/C=C1\CCCCN1C)c1ccccc1S2. The number of benzene rings is 10. The van der Waals surface area contributed by atoms with Crippen molar-refractivity contribution >= 4 is 127 Å². The lowest BCUT2D eigenvalue weighted by Gasteiger charge is -2.36. The van der Waals surface area contributed by atoms with Crippen LogP contribution in [0.1, 0.15) is 56.6 Å². The first kappa shape index (κ1) is 87.0. The van der Waals surface area contributed by atoms with Crippen molar-refractivity contribution in [2.45, 2.75) is 118 Å². The number of rotatable bonds is 18. The van der Waals surface area contributed by atoms with Gasteiger partial charge in [0.15, 0.2) is 0 Å². The van der Waals surface area contributed by atoms with Gasteiger partial charge >= 0.3 is 12.4 Å². The number of hydrogen-bond donors (Lipinski definition) is 0. The van der Waals surface area contributed by atoms with Crippen LogP contribution in [0.3, 0.4) is 0 Å². The molecule has 10 aromatic carbocycles. The highest BCUT2D eigenvalue weighted by Crippen LogP contribution is 2.54. The number of piperazine rings is 1. The maximum absolute atomic E-state index is 13.3. The third-order valence-electron chi connectivity index (χ3n) is 21.7. The van der Waals surface area contributed by atoms with E-state index in [4.69, 9.17) is 0 Å². The molecule has 10 aromatic rings. The second-order valence-corrected chi connectivity index (χ2v) is 37.2. The monoisotopic (exact) mass is 1700 g/mol. The van der Waals surface area contributed by atoms with Gasteiger partial charge in [-0.3, -0.25) is 0 Å². The van der Waals surface area contributed by atoms with Crippen LogP contribution in [-0.2, 0) is 12.4 Å². The minimum absolute atomic E-state index is 0.499. The van der Waals surface area contributed by atoms with Crippen molar-refractivity contribution in [1.82, 2.24) is 29.4 Å². The number of allylic oxidation sites excluding steroid dienone is 1. The van der Waals surface area contributed by atoms with E-state index in [1.54, 1.807) is 23.9 Å². The van der Waals surface area contributed by atoms with Gasteiger partial charge in [-0.1, -0.05) is 144 Å².